The molecule has 0 radical (unpaired) electrons. The zero-order valence-electron chi connectivity index (χ0n) is 14.5. The Balaban J connectivity index is 0.00000338. The molecule has 2 aromatic carbocycles. The van der Waals surface area contributed by atoms with Crippen LogP contribution in [0.1, 0.15) is 22.8 Å². The van der Waals surface area contributed by atoms with E-state index in [0.29, 0.717) is 18.7 Å². The molecule has 0 saturated heterocycles. The zero-order valence-corrected chi connectivity index (χ0v) is 16.1. The Labute approximate surface area is 160 Å². The van der Waals surface area contributed by atoms with Crippen LogP contribution in [0.15, 0.2) is 59.5 Å². The third-order valence-electron chi connectivity index (χ3n) is 3.44. The molecule has 2 N–H and O–H groups in total. The van der Waals surface area contributed by atoms with Crippen LogP contribution < -0.4 is 10.0 Å². The molecule has 142 valence electrons. The molecule has 0 heterocycles. The number of esters is 1. The van der Waals surface area contributed by atoms with E-state index >= 15 is 0 Å². The Morgan fingerprint density at radius 2 is 1.65 bits per heavy atom. The second-order valence-corrected chi connectivity index (χ2v) is 7.07. The maximum Gasteiger partial charge on any atom is 0.338 e. The Kier molecular flexibility index (Phi) is 9.29. The van der Waals surface area contributed by atoms with Crippen molar-refractivity contribution in [3.05, 3.63) is 65.7 Å². The number of rotatable bonds is 9. The van der Waals surface area contributed by atoms with Crippen LogP contribution in [0.5, 0.6) is 0 Å². The van der Waals surface area contributed by atoms with Crippen LogP contribution in [-0.2, 0) is 21.3 Å². The van der Waals surface area contributed by atoms with E-state index in [1.807, 2.05) is 30.3 Å². The van der Waals surface area contributed by atoms with Crippen LogP contribution in [-0.4, -0.2) is 34.1 Å². The minimum atomic E-state index is -3.60. The number of ether oxygens (including phenoxy) is 1. The zero-order chi connectivity index (χ0) is 18.1. The van der Waals surface area contributed by atoms with Crippen molar-refractivity contribution >= 4 is 28.4 Å². The third-order valence-corrected chi connectivity index (χ3v) is 4.92. The fourth-order valence-corrected chi connectivity index (χ4v) is 3.20. The van der Waals surface area contributed by atoms with Crippen LogP contribution in [0.25, 0.3) is 0 Å². The number of hydrogen-bond donors (Lipinski definition) is 2. The molecule has 2 aromatic rings. The molecule has 0 aliphatic heterocycles. The van der Waals surface area contributed by atoms with Crippen LogP contribution in [0.4, 0.5) is 0 Å². The van der Waals surface area contributed by atoms with Crippen molar-refractivity contribution in [2.75, 3.05) is 19.7 Å². The standard InChI is InChI=1S/C18H22N2O4S.ClH/c1-2-24-18(21)16-8-10-17(11-9-16)25(22,23)20-13-12-19-14-15-6-4-3-5-7-15;/h3-11,19-20H,2,12-14H2,1H3;1H. The van der Waals surface area contributed by atoms with Gasteiger partial charge in [-0.1, -0.05) is 30.3 Å². The summed E-state index contributed by atoms with van der Waals surface area (Å²) in [5.74, 6) is -0.468. The molecular weight excluding hydrogens is 376 g/mol. The topological polar surface area (TPSA) is 84.5 Å². The molecule has 0 unspecified atom stereocenters. The summed E-state index contributed by atoms with van der Waals surface area (Å²) in [4.78, 5) is 11.7. The van der Waals surface area contributed by atoms with E-state index in [1.54, 1.807) is 6.92 Å². The summed E-state index contributed by atoms with van der Waals surface area (Å²) >= 11 is 0. The number of halogens is 1. The number of benzene rings is 2. The van der Waals surface area contributed by atoms with Gasteiger partial charge in [0.1, 0.15) is 0 Å². The van der Waals surface area contributed by atoms with E-state index in [1.165, 1.54) is 24.3 Å². The fourth-order valence-electron chi connectivity index (χ4n) is 2.17. The molecule has 0 saturated carbocycles. The van der Waals surface area contributed by atoms with E-state index in [0.717, 1.165) is 5.56 Å². The van der Waals surface area contributed by atoms with Crippen LogP contribution in [0, 0.1) is 0 Å². The highest BCUT2D eigenvalue weighted by Gasteiger charge is 2.14. The Morgan fingerprint density at radius 3 is 2.27 bits per heavy atom. The van der Waals surface area contributed by atoms with Crippen molar-refractivity contribution in [3.8, 4) is 0 Å². The first-order valence-corrected chi connectivity index (χ1v) is 9.53. The van der Waals surface area contributed by atoms with E-state index in [9.17, 15) is 13.2 Å². The molecule has 0 bridgehead atoms. The summed E-state index contributed by atoms with van der Waals surface area (Å²) in [6.45, 7) is 3.45. The highest BCUT2D eigenvalue weighted by Crippen LogP contribution is 2.11. The molecule has 0 fully saturated rings. The molecule has 0 amide bonds. The average molecular weight is 399 g/mol. The SMILES string of the molecule is CCOC(=O)c1ccc(S(=O)(=O)NCCNCc2ccccc2)cc1.Cl. The van der Waals surface area contributed by atoms with Gasteiger partial charge in [0, 0.05) is 19.6 Å². The second-order valence-electron chi connectivity index (χ2n) is 5.30. The second kappa shape index (κ2) is 10.9. The number of nitrogens with one attached hydrogen (secondary N) is 2. The van der Waals surface area contributed by atoms with Gasteiger partial charge in [0.05, 0.1) is 17.1 Å². The van der Waals surface area contributed by atoms with Gasteiger partial charge >= 0.3 is 5.97 Å². The van der Waals surface area contributed by atoms with Gasteiger partial charge in [-0.05, 0) is 36.8 Å². The highest BCUT2D eigenvalue weighted by molar-refractivity contribution is 7.89. The lowest BCUT2D eigenvalue weighted by Gasteiger charge is -2.09. The molecule has 0 aliphatic carbocycles. The third kappa shape index (κ3) is 6.76. The minimum absolute atomic E-state index is 0. The van der Waals surface area contributed by atoms with E-state index in [-0.39, 0.29) is 30.5 Å². The average Bonchev–Trinajstić information content (AvgIpc) is 2.62. The summed E-state index contributed by atoms with van der Waals surface area (Å²) in [7, 11) is -3.60. The molecule has 0 aromatic heterocycles. The summed E-state index contributed by atoms with van der Waals surface area (Å²) < 4.78 is 31.8. The number of sulfonamides is 1. The Bertz CT molecular complexity index is 781. The lowest BCUT2D eigenvalue weighted by molar-refractivity contribution is 0.0526. The molecule has 0 aliphatic rings. The number of hydrogen-bond acceptors (Lipinski definition) is 5. The lowest BCUT2D eigenvalue weighted by Crippen LogP contribution is -2.31. The normalized spacial score (nSPS) is 10.8. The number of carbonyl (C=O) groups excluding carboxylic acids is 1. The van der Waals surface area contributed by atoms with Gasteiger partial charge in [-0.25, -0.2) is 17.9 Å². The monoisotopic (exact) mass is 398 g/mol. The molecular formula is C18H23ClN2O4S. The molecule has 8 heteroatoms. The lowest BCUT2D eigenvalue weighted by atomic mass is 10.2. The molecule has 0 spiro atoms. The fraction of sp³-hybridized carbons (Fsp3) is 0.278. The summed E-state index contributed by atoms with van der Waals surface area (Å²) in [6, 6.07) is 15.5. The van der Waals surface area contributed by atoms with Crippen molar-refractivity contribution in [2.45, 2.75) is 18.4 Å². The summed E-state index contributed by atoms with van der Waals surface area (Å²) in [5, 5.41) is 3.18. The first kappa shape index (κ1) is 22.1. The van der Waals surface area contributed by atoms with E-state index in [2.05, 4.69) is 10.0 Å². The van der Waals surface area contributed by atoms with E-state index < -0.39 is 16.0 Å². The van der Waals surface area contributed by atoms with Gasteiger partial charge in [-0.3, -0.25) is 0 Å². The molecule has 26 heavy (non-hydrogen) atoms. The van der Waals surface area contributed by atoms with Crippen molar-refractivity contribution < 1.29 is 17.9 Å². The Morgan fingerprint density at radius 1 is 1.00 bits per heavy atom. The van der Waals surface area contributed by atoms with Gasteiger partial charge in [0.25, 0.3) is 0 Å². The van der Waals surface area contributed by atoms with Gasteiger partial charge in [0.2, 0.25) is 10.0 Å². The Hall–Kier alpha value is -1.93. The van der Waals surface area contributed by atoms with Crippen molar-refractivity contribution in [1.82, 2.24) is 10.0 Å². The molecule has 6 nitrogen and oxygen atoms in total. The van der Waals surface area contributed by atoms with Gasteiger partial charge in [-0.15, -0.1) is 12.4 Å². The van der Waals surface area contributed by atoms with Crippen LogP contribution in [0.2, 0.25) is 0 Å². The summed E-state index contributed by atoms with van der Waals surface area (Å²) in [5.41, 5.74) is 1.46. The largest absolute Gasteiger partial charge is 0.462 e. The molecule has 2 rings (SSSR count). The van der Waals surface area contributed by atoms with Crippen molar-refractivity contribution in [3.63, 3.8) is 0 Å². The van der Waals surface area contributed by atoms with Gasteiger partial charge in [-0.2, -0.15) is 0 Å². The van der Waals surface area contributed by atoms with Gasteiger partial charge < -0.3 is 10.1 Å². The first-order valence-electron chi connectivity index (χ1n) is 8.04. The van der Waals surface area contributed by atoms with Crippen LogP contribution in [0.3, 0.4) is 0 Å². The number of carbonyl (C=O) groups is 1. The molecule has 0 atom stereocenters. The maximum atomic E-state index is 12.2. The quantitative estimate of drug-likeness (QED) is 0.500. The highest BCUT2D eigenvalue weighted by atomic mass is 35.5. The predicted octanol–water partition coefficient (Wildman–Crippen LogP) is 2.35. The first-order chi connectivity index (χ1) is 12.0. The summed E-state index contributed by atoms with van der Waals surface area (Å²) in [6.07, 6.45) is 0. The van der Waals surface area contributed by atoms with E-state index in [4.69, 9.17) is 4.74 Å². The van der Waals surface area contributed by atoms with Crippen molar-refractivity contribution in [2.24, 2.45) is 0 Å². The minimum Gasteiger partial charge on any atom is -0.462 e. The smallest absolute Gasteiger partial charge is 0.338 e. The van der Waals surface area contributed by atoms with Crippen molar-refractivity contribution in [1.29, 1.82) is 0 Å². The van der Waals surface area contributed by atoms with Gasteiger partial charge in [0.15, 0.2) is 0 Å². The van der Waals surface area contributed by atoms with Crippen LogP contribution >= 0.6 is 12.4 Å². The maximum absolute atomic E-state index is 12.2. The predicted molar refractivity (Wildman–Crippen MR) is 103 cm³/mol.